The summed E-state index contributed by atoms with van der Waals surface area (Å²) in [6.07, 6.45) is 1.47. The van der Waals surface area contributed by atoms with Crippen molar-refractivity contribution in [2.45, 2.75) is 4.90 Å². The van der Waals surface area contributed by atoms with E-state index in [-0.39, 0.29) is 30.2 Å². The molecule has 7 heteroatoms. The number of carbonyl (C=O) groups is 1. The molecule has 0 fully saturated rings. The third kappa shape index (κ3) is 3.89. The molecule has 0 saturated carbocycles. The minimum atomic E-state index is -3.77. The zero-order valence-electron chi connectivity index (χ0n) is 11.2. The summed E-state index contributed by atoms with van der Waals surface area (Å²) in [5, 5.41) is 8.91. The molecule has 0 aliphatic carbocycles. The van der Waals surface area contributed by atoms with Gasteiger partial charge in [-0.1, -0.05) is 12.1 Å². The van der Waals surface area contributed by atoms with E-state index in [0.717, 1.165) is 6.07 Å². The smallest absolute Gasteiger partial charge is 0.335 e. The second-order valence-electron chi connectivity index (χ2n) is 3.98. The number of hydrogen-bond donors (Lipinski definition) is 1. The van der Waals surface area contributed by atoms with Gasteiger partial charge in [0.2, 0.25) is 10.0 Å². The Morgan fingerprint density at radius 1 is 1.50 bits per heavy atom. The lowest BCUT2D eigenvalue weighted by Crippen LogP contribution is -2.34. The Hall–Kier alpha value is -1.70. The Morgan fingerprint density at radius 3 is 2.75 bits per heavy atom. The summed E-state index contributed by atoms with van der Waals surface area (Å²) in [6, 6.07) is 5.25. The number of rotatable bonds is 8. The van der Waals surface area contributed by atoms with Crippen molar-refractivity contribution in [1.29, 1.82) is 0 Å². The average Bonchev–Trinajstić information content (AvgIpc) is 2.43. The molecule has 0 amide bonds. The van der Waals surface area contributed by atoms with Gasteiger partial charge in [0.05, 0.1) is 17.1 Å². The predicted molar refractivity (Wildman–Crippen MR) is 74.2 cm³/mol. The van der Waals surface area contributed by atoms with Crippen LogP contribution in [0.1, 0.15) is 10.4 Å². The van der Waals surface area contributed by atoms with Gasteiger partial charge in [-0.2, -0.15) is 4.31 Å². The number of aromatic carboxylic acids is 1. The lowest BCUT2D eigenvalue weighted by Gasteiger charge is -2.20. The largest absolute Gasteiger partial charge is 0.478 e. The second kappa shape index (κ2) is 7.18. The van der Waals surface area contributed by atoms with Gasteiger partial charge in [-0.25, -0.2) is 13.2 Å². The van der Waals surface area contributed by atoms with Gasteiger partial charge in [0.1, 0.15) is 0 Å². The topological polar surface area (TPSA) is 83.9 Å². The standard InChI is InChI=1S/C13H17NO5S/c1-3-7-14(8-9-19-2)20(17,18)12-6-4-5-11(10-12)13(15)16/h3-6,10H,1,7-9H2,2H3,(H,15,16). The normalized spacial score (nSPS) is 11.5. The number of benzene rings is 1. The molecule has 0 spiro atoms. The van der Waals surface area contributed by atoms with Gasteiger partial charge in [-0.3, -0.25) is 0 Å². The molecular weight excluding hydrogens is 282 g/mol. The number of methoxy groups -OCH3 is 1. The van der Waals surface area contributed by atoms with Crippen molar-refractivity contribution in [3.8, 4) is 0 Å². The van der Waals surface area contributed by atoms with Crippen LogP contribution >= 0.6 is 0 Å². The molecule has 1 aromatic rings. The minimum Gasteiger partial charge on any atom is -0.478 e. The predicted octanol–water partition coefficient (Wildman–Crippen LogP) is 1.21. The van der Waals surface area contributed by atoms with Gasteiger partial charge < -0.3 is 9.84 Å². The van der Waals surface area contributed by atoms with Crippen LogP contribution in [0.15, 0.2) is 41.8 Å². The highest BCUT2D eigenvalue weighted by atomic mass is 32.2. The summed E-state index contributed by atoms with van der Waals surface area (Å²) < 4.78 is 30.9. The molecule has 0 heterocycles. The first-order chi connectivity index (χ1) is 9.43. The van der Waals surface area contributed by atoms with Crippen molar-refractivity contribution >= 4 is 16.0 Å². The Morgan fingerprint density at radius 2 is 2.20 bits per heavy atom. The van der Waals surface area contributed by atoms with Crippen LogP contribution in [-0.2, 0) is 14.8 Å². The molecule has 0 aliphatic heterocycles. The van der Waals surface area contributed by atoms with E-state index in [1.54, 1.807) is 0 Å². The van der Waals surface area contributed by atoms with Gasteiger partial charge in [0, 0.05) is 20.2 Å². The zero-order valence-corrected chi connectivity index (χ0v) is 12.0. The summed E-state index contributed by atoms with van der Waals surface area (Å²) in [6.45, 7) is 4.06. The molecule has 110 valence electrons. The molecule has 6 nitrogen and oxygen atoms in total. The van der Waals surface area contributed by atoms with Crippen LogP contribution in [0.3, 0.4) is 0 Å². The van der Waals surface area contributed by atoms with Crippen LogP contribution < -0.4 is 0 Å². The van der Waals surface area contributed by atoms with Gasteiger partial charge in [0.15, 0.2) is 0 Å². The fourth-order valence-corrected chi connectivity index (χ4v) is 3.03. The third-order valence-electron chi connectivity index (χ3n) is 2.60. The van der Waals surface area contributed by atoms with E-state index in [1.807, 2.05) is 0 Å². The molecule has 0 atom stereocenters. The molecular formula is C13H17NO5S. The van der Waals surface area contributed by atoms with Crippen molar-refractivity contribution in [3.05, 3.63) is 42.5 Å². The first-order valence-corrected chi connectivity index (χ1v) is 7.31. The summed E-state index contributed by atoms with van der Waals surface area (Å²) in [7, 11) is -2.30. The van der Waals surface area contributed by atoms with Crippen LogP contribution in [-0.4, -0.2) is 50.6 Å². The Kier molecular flexibility index (Phi) is 5.87. The van der Waals surface area contributed by atoms with Gasteiger partial charge in [0.25, 0.3) is 0 Å². The second-order valence-corrected chi connectivity index (χ2v) is 5.92. The van der Waals surface area contributed by atoms with Crippen molar-refractivity contribution in [2.24, 2.45) is 0 Å². The third-order valence-corrected chi connectivity index (χ3v) is 4.46. The van der Waals surface area contributed by atoms with Crippen LogP contribution in [0.5, 0.6) is 0 Å². The van der Waals surface area contributed by atoms with Crippen molar-refractivity contribution in [1.82, 2.24) is 4.31 Å². The molecule has 0 unspecified atom stereocenters. The number of carboxylic acids is 1. The first kappa shape index (κ1) is 16.4. The van der Waals surface area contributed by atoms with Gasteiger partial charge in [-0.15, -0.1) is 6.58 Å². The fraction of sp³-hybridized carbons (Fsp3) is 0.308. The summed E-state index contributed by atoms with van der Waals surface area (Å²) >= 11 is 0. The van der Waals surface area contributed by atoms with Gasteiger partial charge >= 0.3 is 5.97 Å². The highest BCUT2D eigenvalue weighted by Gasteiger charge is 2.23. The Balaban J connectivity index is 3.14. The molecule has 0 aliphatic rings. The monoisotopic (exact) mass is 299 g/mol. The number of hydrogen-bond acceptors (Lipinski definition) is 4. The van der Waals surface area contributed by atoms with Crippen molar-refractivity contribution in [3.63, 3.8) is 0 Å². The average molecular weight is 299 g/mol. The molecule has 1 aromatic carbocycles. The zero-order chi connectivity index (χ0) is 15.2. The molecule has 1 N–H and O–H groups in total. The fourth-order valence-electron chi connectivity index (χ4n) is 1.59. The van der Waals surface area contributed by atoms with Crippen molar-refractivity contribution < 1.29 is 23.1 Å². The number of sulfonamides is 1. The maximum absolute atomic E-state index is 12.4. The van der Waals surface area contributed by atoms with E-state index in [1.165, 1.54) is 35.7 Å². The maximum Gasteiger partial charge on any atom is 0.335 e. The number of ether oxygens (including phenoxy) is 1. The van der Waals surface area contributed by atoms with Crippen LogP contribution in [0.4, 0.5) is 0 Å². The molecule has 0 saturated heterocycles. The number of nitrogens with zero attached hydrogens (tertiary/aromatic N) is 1. The van der Waals surface area contributed by atoms with E-state index in [4.69, 9.17) is 9.84 Å². The van der Waals surface area contributed by atoms with Crippen molar-refractivity contribution in [2.75, 3.05) is 26.8 Å². The molecule has 0 radical (unpaired) electrons. The first-order valence-electron chi connectivity index (χ1n) is 5.87. The lowest BCUT2D eigenvalue weighted by atomic mass is 10.2. The van der Waals surface area contributed by atoms with E-state index in [0.29, 0.717) is 0 Å². The lowest BCUT2D eigenvalue weighted by molar-refractivity contribution is 0.0696. The maximum atomic E-state index is 12.4. The van der Waals surface area contributed by atoms with E-state index in [9.17, 15) is 13.2 Å². The van der Waals surface area contributed by atoms with Crippen LogP contribution in [0.2, 0.25) is 0 Å². The van der Waals surface area contributed by atoms with Crippen LogP contribution in [0, 0.1) is 0 Å². The highest BCUT2D eigenvalue weighted by Crippen LogP contribution is 2.17. The number of carboxylic acid groups (broad SMARTS) is 1. The highest BCUT2D eigenvalue weighted by molar-refractivity contribution is 7.89. The summed E-state index contributed by atoms with van der Waals surface area (Å²) in [5.41, 5.74) is -0.0728. The molecule has 0 bridgehead atoms. The Labute approximate surface area is 118 Å². The van der Waals surface area contributed by atoms with E-state index < -0.39 is 16.0 Å². The van der Waals surface area contributed by atoms with Gasteiger partial charge in [-0.05, 0) is 18.2 Å². The van der Waals surface area contributed by atoms with E-state index >= 15 is 0 Å². The minimum absolute atomic E-state index is 0.0599. The SMILES string of the molecule is C=CCN(CCOC)S(=O)(=O)c1cccc(C(=O)O)c1. The molecule has 0 aromatic heterocycles. The Bertz CT molecular complexity index is 582. The van der Waals surface area contributed by atoms with E-state index in [2.05, 4.69) is 6.58 Å². The summed E-state index contributed by atoms with van der Waals surface area (Å²) in [4.78, 5) is 10.8. The summed E-state index contributed by atoms with van der Waals surface area (Å²) in [5.74, 6) is -1.17. The van der Waals surface area contributed by atoms with Crippen LogP contribution in [0.25, 0.3) is 0 Å². The molecule has 20 heavy (non-hydrogen) atoms. The quantitative estimate of drug-likeness (QED) is 0.729. The molecule has 1 rings (SSSR count).